The van der Waals surface area contributed by atoms with E-state index in [-0.39, 0.29) is 11.3 Å². The van der Waals surface area contributed by atoms with Crippen LogP contribution in [0.1, 0.15) is 15.9 Å². The third kappa shape index (κ3) is 3.73. The molecule has 22 heavy (non-hydrogen) atoms. The molecule has 6 nitrogen and oxygen atoms in total. The van der Waals surface area contributed by atoms with E-state index in [1.165, 1.54) is 25.3 Å². The van der Waals surface area contributed by atoms with E-state index in [0.29, 0.717) is 17.3 Å². The lowest BCUT2D eigenvalue weighted by Gasteiger charge is -2.09. The van der Waals surface area contributed by atoms with Crippen LogP contribution in [0.2, 0.25) is 5.02 Å². The molecule has 0 fully saturated rings. The molecule has 2 aromatic carbocycles. The number of esters is 1. The highest BCUT2D eigenvalue weighted by Crippen LogP contribution is 2.24. The number of nitrogens with one attached hydrogen (secondary N) is 1. The lowest BCUT2D eigenvalue weighted by molar-refractivity contribution is -0.385. The van der Waals surface area contributed by atoms with E-state index in [1.54, 1.807) is 12.1 Å². The first-order valence-corrected chi connectivity index (χ1v) is 6.74. The minimum Gasteiger partial charge on any atom is -0.465 e. The third-order valence-electron chi connectivity index (χ3n) is 2.98. The van der Waals surface area contributed by atoms with Crippen molar-refractivity contribution in [1.29, 1.82) is 0 Å². The molecule has 0 bridgehead atoms. The fourth-order valence-electron chi connectivity index (χ4n) is 1.93. The van der Waals surface area contributed by atoms with Gasteiger partial charge in [-0.05, 0) is 29.8 Å². The first-order valence-electron chi connectivity index (χ1n) is 6.36. The van der Waals surface area contributed by atoms with E-state index in [2.05, 4.69) is 10.1 Å². The average Bonchev–Trinajstić information content (AvgIpc) is 2.51. The SMILES string of the molecule is COC(=O)c1cc(NCc2cccc(Cl)c2)ccc1[N+](=O)[O-]. The number of nitro benzene ring substituents is 1. The van der Waals surface area contributed by atoms with Crippen LogP contribution in [0.4, 0.5) is 11.4 Å². The number of methoxy groups -OCH3 is 1. The summed E-state index contributed by atoms with van der Waals surface area (Å²) in [6.45, 7) is 0.471. The number of ether oxygens (including phenoxy) is 1. The Labute approximate surface area is 131 Å². The van der Waals surface area contributed by atoms with Crippen molar-refractivity contribution in [2.24, 2.45) is 0 Å². The minimum atomic E-state index is -0.752. The molecule has 0 saturated carbocycles. The van der Waals surface area contributed by atoms with Crippen molar-refractivity contribution in [3.63, 3.8) is 0 Å². The summed E-state index contributed by atoms with van der Waals surface area (Å²) in [5.41, 5.74) is 1.14. The molecule has 0 aromatic heterocycles. The average molecular weight is 321 g/mol. The van der Waals surface area contributed by atoms with E-state index < -0.39 is 10.9 Å². The number of rotatable bonds is 5. The summed E-state index contributed by atoms with van der Waals surface area (Å²) >= 11 is 5.90. The zero-order valence-corrected chi connectivity index (χ0v) is 12.5. The topological polar surface area (TPSA) is 81.5 Å². The number of carbonyl (C=O) groups is 1. The van der Waals surface area contributed by atoms with Gasteiger partial charge in [0.15, 0.2) is 0 Å². The van der Waals surface area contributed by atoms with Gasteiger partial charge < -0.3 is 10.1 Å². The molecule has 0 aliphatic rings. The number of nitrogens with zero attached hydrogens (tertiary/aromatic N) is 1. The van der Waals surface area contributed by atoms with Crippen molar-refractivity contribution in [3.05, 3.63) is 68.7 Å². The second-order valence-electron chi connectivity index (χ2n) is 4.46. The molecular formula is C15H13ClN2O4. The van der Waals surface area contributed by atoms with E-state index in [4.69, 9.17) is 11.6 Å². The van der Waals surface area contributed by atoms with Crippen LogP contribution in [0.5, 0.6) is 0 Å². The molecule has 114 valence electrons. The van der Waals surface area contributed by atoms with Gasteiger partial charge in [0.25, 0.3) is 5.69 Å². The molecular weight excluding hydrogens is 308 g/mol. The van der Waals surface area contributed by atoms with E-state index in [9.17, 15) is 14.9 Å². The Balaban J connectivity index is 2.21. The zero-order valence-electron chi connectivity index (χ0n) is 11.7. The third-order valence-corrected chi connectivity index (χ3v) is 3.22. The smallest absolute Gasteiger partial charge is 0.344 e. The first kappa shape index (κ1) is 15.8. The highest BCUT2D eigenvalue weighted by molar-refractivity contribution is 6.30. The normalized spacial score (nSPS) is 10.1. The Morgan fingerprint density at radius 1 is 1.32 bits per heavy atom. The van der Waals surface area contributed by atoms with Crippen LogP contribution in [0.3, 0.4) is 0 Å². The van der Waals surface area contributed by atoms with Crippen molar-refractivity contribution in [1.82, 2.24) is 0 Å². The summed E-state index contributed by atoms with van der Waals surface area (Å²) in [7, 11) is 1.18. The Bertz CT molecular complexity index is 718. The molecule has 2 rings (SSSR count). The molecule has 7 heteroatoms. The van der Waals surface area contributed by atoms with Crippen LogP contribution in [0.25, 0.3) is 0 Å². The monoisotopic (exact) mass is 320 g/mol. The number of nitro groups is 1. The number of anilines is 1. The van der Waals surface area contributed by atoms with E-state index >= 15 is 0 Å². The summed E-state index contributed by atoms with van der Waals surface area (Å²) in [4.78, 5) is 22.0. The largest absolute Gasteiger partial charge is 0.465 e. The van der Waals surface area contributed by atoms with Crippen molar-refractivity contribution >= 4 is 28.9 Å². The highest BCUT2D eigenvalue weighted by atomic mass is 35.5. The predicted octanol–water partition coefficient (Wildman–Crippen LogP) is 3.65. The molecule has 0 radical (unpaired) electrons. The van der Waals surface area contributed by atoms with E-state index in [0.717, 1.165) is 5.56 Å². The van der Waals surface area contributed by atoms with Gasteiger partial charge in [-0.1, -0.05) is 23.7 Å². The molecule has 0 saturated heterocycles. The fraction of sp³-hybridized carbons (Fsp3) is 0.133. The van der Waals surface area contributed by atoms with Gasteiger partial charge >= 0.3 is 5.97 Å². The predicted molar refractivity (Wildman–Crippen MR) is 83.2 cm³/mol. The highest BCUT2D eigenvalue weighted by Gasteiger charge is 2.21. The van der Waals surface area contributed by atoms with Gasteiger partial charge in [-0.25, -0.2) is 4.79 Å². The minimum absolute atomic E-state index is 0.0939. The summed E-state index contributed by atoms with van der Waals surface area (Å²) in [5, 5.41) is 14.6. The van der Waals surface area contributed by atoms with Crippen molar-refractivity contribution in [2.75, 3.05) is 12.4 Å². The van der Waals surface area contributed by atoms with Crippen molar-refractivity contribution < 1.29 is 14.5 Å². The maximum atomic E-state index is 11.6. The Morgan fingerprint density at radius 2 is 2.09 bits per heavy atom. The maximum absolute atomic E-state index is 11.6. The quantitative estimate of drug-likeness (QED) is 0.516. The number of benzene rings is 2. The Hall–Kier alpha value is -2.60. The Kier molecular flexibility index (Phi) is 4.95. The van der Waals surface area contributed by atoms with Gasteiger partial charge in [-0.2, -0.15) is 0 Å². The lowest BCUT2D eigenvalue weighted by Crippen LogP contribution is -2.07. The summed E-state index contributed by atoms with van der Waals surface area (Å²) in [6.07, 6.45) is 0. The molecule has 2 aromatic rings. The van der Waals surface area contributed by atoms with Crippen LogP contribution >= 0.6 is 11.6 Å². The number of carbonyl (C=O) groups excluding carboxylic acids is 1. The number of hydrogen-bond donors (Lipinski definition) is 1. The lowest BCUT2D eigenvalue weighted by atomic mass is 10.1. The summed E-state index contributed by atoms with van der Waals surface area (Å²) in [5.74, 6) is -0.752. The Morgan fingerprint density at radius 3 is 2.73 bits per heavy atom. The first-order chi connectivity index (χ1) is 10.5. The molecule has 0 heterocycles. The van der Waals surface area contributed by atoms with Crippen LogP contribution in [0.15, 0.2) is 42.5 Å². The van der Waals surface area contributed by atoms with Crippen molar-refractivity contribution in [3.8, 4) is 0 Å². The van der Waals surface area contributed by atoms with Crippen molar-refractivity contribution in [2.45, 2.75) is 6.54 Å². The molecule has 0 unspecified atom stereocenters. The molecule has 0 amide bonds. The second-order valence-corrected chi connectivity index (χ2v) is 4.90. The van der Waals surface area contributed by atoms with Gasteiger partial charge in [-0.3, -0.25) is 10.1 Å². The molecule has 1 N–H and O–H groups in total. The van der Waals surface area contributed by atoms with Gasteiger partial charge in [0, 0.05) is 23.3 Å². The van der Waals surface area contributed by atoms with Gasteiger partial charge in [0.2, 0.25) is 0 Å². The maximum Gasteiger partial charge on any atom is 0.344 e. The van der Waals surface area contributed by atoms with E-state index in [1.807, 2.05) is 12.1 Å². The van der Waals surface area contributed by atoms with Gasteiger partial charge in [-0.15, -0.1) is 0 Å². The second kappa shape index (κ2) is 6.91. The summed E-state index contributed by atoms with van der Waals surface area (Å²) in [6, 6.07) is 11.5. The molecule has 0 aliphatic carbocycles. The molecule has 0 spiro atoms. The fourth-order valence-corrected chi connectivity index (χ4v) is 2.14. The van der Waals surface area contributed by atoms with Crippen LogP contribution in [-0.4, -0.2) is 18.0 Å². The van der Waals surface area contributed by atoms with Crippen LogP contribution in [0, 0.1) is 10.1 Å². The summed E-state index contributed by atoms with van der Waals surface area (Å²) < 4.78 is 4.57. The number of halogens is 1. The van der Waals surface area contributed by atoms with Gasteiger partial charge in [0.05, 0.1) is 12.0 Å². The molecule has 0 atom stereocenters. The number of hydrogen-bond acceptors (Lipinski definition) is 5. The van der Waals surface area contributed by atoms with Crippen LogP contribution < -0.4 is 5.32 Å². The zero-order chi connectivity index (χ0) is 16.1. The van der Waals surface area contributed by atoms with Gasteiger partial charge in [0.1, 0.15) is 5.56 Å². The standard InChI is InChI=1S/C15H13ClN2O4/c1-22-15(19)13-8-12(5-6-14(13)18(20)21)17-9-10-3-2-4-11(16)7-10/h2-8,17H,9H2,1H3. The molecule has 0 aliphatic heterocycles. The van der Waals surface area contributed by atoms with Crippen LogP contribution in [-0.2, 0) is 11.3 Å².